The standard InChI is InChI=1S/C14H12O2.C12H10.C10H8.C9H9N3.C9H17N.C9H7N.2C8H7N.C8H6O.C7H5NS.C6H6.C5H11N.C5H5N.C3H4N2/c15-14(16)10-11-6-8-13(9-7-11)12-4-2-1-3-5-12;1-3-7-11(8-4-1)12-9-5-2-6-10-12;1-2-6-10-8-4-3-7-9(10)5-1;1-12-7-9(10-11-12)8-5-3-2-4-6-8;2*1-2-6-9-8(4-1)5-3-7-10-9;3*1-2-4-8-7(3-1)5-6-9-8;1-2-4-7-6(3-1)8-5-9-7;3*1-2-4-6-5-3-1;1-2-5-3-4-1/h1-9H,10H2,(H,15,16);1-10H;1-8H;2-7H,1H3;8-10H,1-7H2;1-7H;1-4,6H,5H2;1-6,9H;1-6H;1-5H;1-6H;6H,1-5H2;1-5H;1-3H,(H,4,5). The zero-order valence-corrected chi connectivity index (χ0v) is 74.0. The molecule has 13 aromatic carbocycles. The van der Waals surface area contributed by atoms with Crippen molar-refractivity contribution < 1.29 is 14.3 Å². The number of hydrogen-bond donors (Lipinski definition) is 5. The summed E-state index contributed by atoms with van der Waals surface area (Å²) in [6.45, 7) is 3.78. The molecule has 2 atom stereocenters. The average Bonchev–Trinajstić information content (AvgIpc) is 1.85. The van der Waals surface area contributed by atoms with Crippen LogP contribution in [-0.4, -0.2) is 87.9 Å². The molecular formula is C113H114N12O3S. The number of para-hydroxylation sites is 5. The van der Waals surface area contributed by atoms with Crippen molar-refractivity contribution in [2.45, 2.75) is 76.7 Å². The van der Waals surface area contributed by atoms with Gasteiger partial charge in [-0.1, -0.05) is 352 Å². The van der Waals surface area contributed by atoms with Crippen molar-refractivity contribution >= 4 is 83.0 Å². The van der Waals surface area contributed by atoms with Crippen LogP contribution in [-0.2, 0) is 24.7 Å². The van der Waals surface area contributed by atoms with Gasteiger partial charge in [0, 0.05) is 84.8 Å². The Bertz CT molecular complexity index is 5670. The number of imidazole rings is 1. The zero-order valence-electron chi connectivity index (χ0n) is 73.2. The predicted octanol–water partition coefficient (Wildman–Crippen LogP) is 27.6. The minimum atomic E-state index is -0.799. The molecule has 5 N–H and O–H groups in total. The number of aliphatic imine (C=N–C) groups is 1. The lowest BCUT2D eigenvalue weighted by Crippen LogP contribution is -2.42. The first-order valence-electron chi connectivity index (χ1n) is 44.0. The summed E-state index contributed by atoms with van der Waals surface area (Å²) in [6, 6.07) is 132. The molecule has 1 aliphatic carbocycles. The molecule has 15 nitrogen and oxygen atoms in total. The molecule has 0 bridgehead atoms. The van der Waals surface area contributed by atoms with Crippen molar-refractivity contribution in [2.75, 3.05) is 19.6 Å². The smallest absolute Gasteiger partial charge is 0.307 e. The van der Waals surface area contributed by atoms with Crippen LogP contribution in [0.2, 0.25) is 0 Å². The van der Waals surface area contributed by atoms with Crippen LogP contribution in [0.15, 0.2) is 465 Å². The molecule has 129 heavy (non-hydrogen) atoms. The van der Waals surface area contributed by atoms with E-state index in [1.807, 2.05) is 292 Å². The molecule has 0 amide bonds. The lowest BCUT2D eigenvalue weighted by Gasteiger charge is -2.36. The number of thiazole rings is 1. The summed E-state index contributed by atoms with van der Waals surface area (Å²) in [4.78, 5) is 36.3. The van der Waals surface area contributed by atoms with E-state index >= 15 is 0 Å². The maximum atomic E-state index is 10.5. The molecule has 2 saturated heterocycles. The number of benzene rings is 13. The number of hydrogen-bond acceptors (Lipinski definition) is 12. The number of piperidine rings is 2. The second kappa shape index (κ2) is 57.6. The van der Waals surface area contributed by atoms with Gasteiger partial charge in [-0.3, -0.25) is 24.4 Å². The van der Waals surface area contributed by atoms with E-state index in [1.165, 1.54) is 126 Å². The first kappa shape index (κ1) is 94.7. The van der Waals surface area contributed by atoms with Gasteiger partial charge in [-0.15, -0.1) is 16.4 Å². The Morgan fingerprint density at radius 1 is 0.434 bits per heavy atom. The van der Waals surface area contributed by atoms with Crippen LogP contribution in [0.4, 0.5) is 5.69 Å². The molecule has 2 unspecified atom stereocenters. The number of pyridine rings is 2. The Morgan fingerprint density at radius 2 is 0.961 bits per heavy atom. The summed E-state index contributed by atoms with van der Waals surface area (Å²) in [6.07, 6.45) is 32.0. The van der Waals surface area contributed by atoms with Gasteiger partial charge in [0.25, 0.3) is 0 Å². The van der Waals surface area contributed by atoms with Gasteiger partial charge < -0.3 is 30.1 Å². The summed E-state index contributed by atoms with van der Waals surface area (Å²) in [5.74, 6) is 0.245. The van der Waals surface area contributed by atoms with E-state index in [-0.39, 0.29) is 6.42 Å². The molecule has 1 saturated carbocycles. The van der Waals surface area contributed by atoms with Gasteiger partial charge in [0.05, 0.1) is 52.1 Å². The van der Waals surface area contributed by atoms with Gasteiger partial charge in [0.1, 0.15) is 11.3 Å². The van der Waals surface area contributed by atoms with Crippen LogP contribution in [0.3, 0.4) is 0 Å². The third kappa shape index (κ3) is 35.9. The summed E-state index contributed by atoms with van der Waals surface area (Å²) < 4.78 is 8.08. The molecule has 20 aromatic rings. The maximum absolute atomic E-state index is 10.5. The first-order valence-corrected chi connectivity index (χ1v) is 44.9. The highest BCUT2D eigenvalue weighted by Gasteiger charge is 2.26. The van der Waals surface area contributed by atoms with Crippen LogP contribution in [0.1, 0.15) is 68.9 Å². The number of aliphatic carboxylic acids is 1. The Balaban J connectivity index is 0.000000136. The number of nitrogens with one attached hydrogen (secondary N) is 4. The van der Waals surface area contributed by atoms with Gasteiger partial charge in [-0.2, -0.15) is 0 Å². The number of aromatic amines is 2. The number of furan rings is 1. The lowest BCUT2D eigenvalue weighted by atomic mass is 9.80. The fraction of sp³-hybridized carbons (Fsp3) is 0.150. The Kier molecular flexibility index (Phi) is 42.3. The van der Waals surface area contributed by atoms with Crippen molar-refractivity contribution in [1.82, 2.24) is 55.5 Å². The quantitative estimate of drug-likeness (QED) is 0.110. The first-order chi connectivity index (χ1) is 63.8. The number of fused-ring (bicyclic) bond motifs is 7. The number of carbonyl (C=O) groups is 1. The largest absolute Gasteiger partial charge is 0.481 e. The summed E-state index contributed by atoms with van der Waals surface area (Å²) in [5.41, 5.74) is 16.3. The highest BCUT2D eigenvalue weighted by atomic mass is 32.1. The number of carboxylic acid groups (broad SMARTS) is 1. The summed E-state index contributed by atoms with van der Waals surface area (Å²) in [7, 11) is 1.86. The fourth-order valence-electron chi connectivity index (χ4n) is 14.1. The minimum absolute atomic E-state index is 0.0784. The van der Waals surface area contributed by atoms with Gasteiger partial charge in [0.2, 0.25) is 0 Å². The van der Waals surface area contributed by atoms with Crippen molar-refractivity contribution in [3.05, 3.63) is 467 Å². The number of rotatable bonds is 5. The maximum Gasteiger partial charge on any atom is 0.307 e. The lowest BCUT2D eigenvalue weighted by molar-refractivity contribution is -0.136. The zero-order chi connectivity index (χ0) is 89.1. The van der Waals surface area contributed by atoms with Crippen molar-refractivity contribution in [1.29, 1.82) is 0 Å². The molecule has 3 aliphatic heterocycles. The minimum Gasteiger partial charge on any atom is -0.481 e. The second-order valence-electron chi connectivity index (χ2n) is 30.0. The monoisotopic (exact) mass is 1720 g/mol. The van der Waals surface area contributed by atoms with E-state index in [1.54, 1.807) is 53.4 Å². The van der Waals surface area contributed by atoms with E-state index < -0.39 is 5.97 Å². The number of H-pyrrole nitrogens is 2. The highest BCUT2D eigenvalue weighted by Crippen LogP contribution is 2.31. The van der Waals surface area contributed by atoms with Gasteiger partial charge >= 0.3 is 5.97 Å². The molecule has 4 aliphatic rings. The Hall–Kier alpha value is -14.9. The SMILES string of the molecule is C1=Nc2ccccc2C1.C1CCC2NCCCC2C1.C1CCNCC1.Cn1cc(-c2ccccc2)nn1.O=C(O)Cc1ccc(-c2ccccc2)cc1.c1c[nH]cn1.c1ccc(-c2ccccc2)cc1.c1ccc2[nH]ccc2c1.c1ccc2ccccc2c1.c1ccc2ncccc2c1.c1ccc2occc2c1.c1ccc2scnc2c1.c1ccccc1.c1ccncc1. The molecule has 16 heteroatoms. The second-order valence-corrected chi connectivity index (χ2v) is 30.9. The van der Waals surface area contributed by atoms with Crippen molar-refractivity contribution in [3.8, 4) is 33.5 Å². The van der Waals surface area contributed by atoms with Gasteiger partial charge in [-0.05, 0) is 180 Å². The normalized spacial score (nSPS) is 13.1. The van der Waals surface area contributed by atoms with E-state index in [9.17, 15) is 4.79 Å². The molecule has 650 valence electrons. The number of carboxylic acids is 1. The third-order valence-corrected chi connectivity index (χ3v) is 21.5. The van der Waals surface area contributed by atoms with Gasteiger partial charge in [0.15, 0.2) is 0 Å². The summed E-state index contributed by atoms with van der Waals surface area (Å²) in [5, 5.41) is 29.7. The average molecular weight is 1720 g/mol. The number of aryl methyl sites for hydroxylation is 1. The Labute approximate surface area is 762 Å². The molecule has 3 fully saturated rings. The molecule has 24 rings (SSSR count). The highest BCUT2D eigenvalue weighted by molar-refractivity contribution is 7.16. The topological polar surface area (TPSA) is 201 Å². The van der Waals surface area contributed by atoms with Gasteiger partial charge in [-0.25, -0.2) is 9.97 Å². The third-order valence-electron chi connectivity index (χ3n) is 20.6. The van der Waals surface area contributed by atoms with E-state index in [4.69, 9.17) is 9.52 Å². The van der Waals surface area contributed by atoms with E-state index in [0.717, 1.165) is 74.0 Å². The van der Waals surface area contributed by atoms with E-state index in [2.05, 4.69) is 195 Å². The van der Waals surface area contributed by atoms with Crippen LogP contribution in [0.25, 0.3) is 87.3 Å². The van der Waals surface area contributed by atoms with Crippen molar-refractivity contribution in [2.24, 2.45) is 18.0 Å². The molecule has 7 aromatic heterocycles. The fourth-order valence-corrected chi connectivity index (χ4v) is 14.7. The molecule has 0 radical (unpaired) electrons. The van der Waals surface area contributed by atoms with E-state index in [0.29, 0.717) is 0 Å². The molecule has 0 spiro atoms. The van der Waals surface area contributed by atoms with Crippen molar-refractivity contribution in [3.63, 3.8) is 0 Å². The molecular weight excluding hydrogens is 1610 g/mol. The van der Waals surface area contributed by atoms with Crippen LogP contribution < -0.4 is 10.6 Å². The summed E-state index contributed by atoms with van der Waals surface area (Å²) >= 11 is 1.68. The molecule has 10 heterocycles. The van der Waals surface area contributed by atoms with Crippen LogP contribution in [0, 0.1) is 5.92 Å². The number of aromatic nitrogens is 9. The Morgan fingerprint density at radius 3 is 1.48 bits per heavy atom. The van der Waals surface area contributed by atoms with Crippen LogP contribution >= 0.6 is 11.3 Å². The van der Waals surface area contributed by atoms with Crippen LogP contribution in [0.5, 0.6) is 0 Å². The predicted molar refractivity (Wildman–Crippen MR) is 539 cm³/mol. The number of nitrogens with zero attached hydrogens (tertiary/aromatic N) is 8.